The van der Waals surface area contributed by atoms with Gasteiger partial charge in [0.2, 0.25) is 0 Å². The second-order valence-electron chi connectivity index (χ2n) is 5.41. The van der Waals surface area contributed by atoms with Gasteiger partial charge in [-0.15, -0.1) is 0 Å². The molecule has 1 amide bonds. The lowest BCUT2D eigenvalue weighted by Gasteiger charge is -2.34. The van der Waals surface area contributed by atoms with E-state index in [1.807, 2.05) is 19.1 Å². The van der Waals surface area contributed by atoms with Crippen LogP contribution in [0.15, 0.2) is 42.5 Å². The topological polar surface area (TPSA) is 77.8 Å². The van der Waals surface area contributed by atoms with E-state index in [1.165, 1.54) is 17.0 Å². The Hall–Kier alpha value is -2.82. The molecule has 1 aliphatic heterocycles. The number of carboxylic acid groups (broad SMARTS) is 1. The maximum atomic E-state index is 12.7. The zero-order valence-corrected chi connectivity index (χ0v) is 12.0. The number of amides is 1. The van der Waals surface area contributed by atoms with Crippen molar-refractivity contribution in [2.45, 2.75) is 19.4 Å². The minimum Gasteiger partial charge on any atom is -0.508 e. The quantitative estimate of drug-likeness (QED) is 0.892. The molecule has 0 aromatic heterocycles. The molecule has 5 heteroatoms. The van der Waals surface area contributed by atoms with E-state index in [9.17, 15) is 19.8 Å². The molecule has 2 aromatic carbocycles. The van der Waals surface area contributed by atoms with Crippen molar-refractivity contribution >= 4 is 17.6 Å². The lowest BCUT2D eigenvalue weighted by atomic mass is 9.92. The molecular formula is C17H15NO4. The van der Waals surface area contributed by atoms with Crippen molar-refractivity contribution < 1.29 is 19.8 Å². The van der Waals surface area contributed by atoms with Gasteiger partial charge in [0.15, 0.2) is 0 Å². The summed E-state index contributed by atoms with van der Waals surface area (Å²) in [4.78, 5) is 25.6. The lowest BCUT2D eigenvalue weighted by molar-refractivity contribution is -0.138. The Balaban J connectivity index is 2.12. The van der Waals surface area contributed by atoms with Gasteiger partial charge in [-0.2, -0.15) is 0 Å². The van der Waals surface area contributed by atoms with Crippen LogP contribution in [0.4, 0.5) is 5.69 Å². The van der Waals surface area contributed by atoms with Crippen molar-refractivity contribution in [2.75, 3.05) is 4.90 Å². The van der Waals surface area contributed by atoms with Gasteiger partial charge in [0.25, 0.3) is 5.91 Å². The zero-order valence-electron chi connectivity index (χ0n) is 12.0. The number of fused-ring (bicyclic) bond motifs is 1. The van der Waals surface area contributed by atoms with E-state index in [2.05, 4.69) is 0 Å². The van der Waals surface area contributed by atoms with Crippen LogP contribution in [0.3, 0.4) is 0 Å². The van der Waals surface area contributed by atoms with Crippen molar-refractivity contribution in [3.63, 3.8) is 0 Å². The fraction of sp³-hybridized carbons (Fsp3) is 0.176. The van der Waals surface area contributed by atoms with Crippen molar-refractivity contribution in [1.29, 1.82) is 0 Å². The van der Waals surface area contributed by atoms with E-state index in [0.29, 0.717) is 16.8 Å². The molecule has 1 heterocycles. The number of benzene rings is 2. The molecule has 0 radical (unpaired) electrons. The first-order valence-electron chi connectivity index (χ1n) is 6.92. The summed E-state index contributed by atoms with van der Waals surface area (Å²) in [6.45, 7) is 1.92. The standard InChI is InChI=1S/C17H15NO4/c1-10-2-5-12(6-3-10)18-15(17(21)22)8-11-4-7-13(19)9-14(11)16(18)20/h2-7,9,15,19H,8H2,1H3,(H,21,22). The summed E-state index contributed by atoms with van der Waals surface area (Å²) in [6.07, 6.45) is 0.213. The van der Waals surface area contributed by atoms with E-state index in [0.717, 1.165) is 5.56 Å². The third-order valence-electron chi connectivity index (χ3n) is 3.86. The van der Waals surface area contributed by atoms with Crippen LogP contribution in [-0.2, 0) is 11.2 Å². The Labute approximate surface area is 127 Å². The van der Waals surface area contributed by atoms with Gasteiger partial charge in [0.05, 0.1) is 0 Å². The summed E-state index contributed by atoms with van der Waals surface area (Å²) in [5.74, 6) is -1.47. The lowest BCUT2D eigenvalue weighted by Crippen LogP contribution is -2.50. The molecule has 0 saturated heterocycles. The molecule has 1 atom stereocenters. The highest BCUT2D eigenvalue weighted by atomic mass is 16.4. The predicted octanol–water partition coefficient (Wildman–Crippen LogP) is 2.36. The number of nitrogens with zero attached hydrogens (tertiary/aromatic N) is 1. The number of anilines is 1. The van der Waals surface area contributed by atoms with Crippen LogP contribution < -0.4 is 4.90 Å². The predicted molar refractivity (Wildman–Crippen MR) is 81.2 cm³/mol. The molecule has 0 bridgehead atoms. The van der Waals surface area contributed by atoms with Crippen molar-refractivity contribution in [3.05, 3.63) is 59.2 Å². The molecule has 0 fully saturated rings. The normalized spacial score (nSPS) is 17.2. The summed E-state index contributed by atoms with van der Waals surface area (Å²) >= 11 is 0. The second-order valence-corrected chi connectivity index (χ2v) is 5.41. The Morgan fingerprint density at radius 1 is 1.18 bits per heavy atom. The molecule has 1 unspecified atom stereocenters. The van der Waals surface area contributed by atoms with Gasteiger partial charge in [-0.05, 0) is 36.8 Å². The van der Waals surface area contributed by atoms with Gasteiger partial charge in [-0.3, -0.25) is 9.69 Å². The molecular weight excluding hydrogens is 282 g/mol. The van der Waals surface area contributed by atoms with Crippen LogP contribution in [0.25, 0.3) is 0 Å². The number of carbonyl (C=O) groups excluding carboxylic acids is 1. The molecule has 0 saturated carbocycles. The fourth-order valence-electron chi connectivity index (χ4n) is 2.71. The smallest absolute Gasteiger partial charge is 0.327 e. The minimum absolute atomic E-state index is 0.00951. The van der Waals surface area contributed by atoms with E-state index in [4.69, 9.17) is 0 Å². The van der Waals surface area contributed by atoms with Gasteiger partial charge < -0.3 is 10.2 Å². The average molecular weight is 297 g/mol. The summed E-state index contributed by atoms with van der Waals surface area (Å²) in [7, 11) is 0. The van der Waals surface area contributed by atoms with Crippen molar-refractivity contribution in [1.82, 2.24) is 0 Å². The molecule has 0 aliphatic carbocycles. The third-order valence-corrected chi connectivity index (χ3v) is 3.86. The second kappa shape index (κ2) is 5.18. The van der Waals surface area contributed by atoms with Crippen LogP contribution in [0.2, 0.25) is 0 Å². The summed E-state index contributed by atoms with van der Waals surface area (Å²) in [5.41, 5.74) is 2.55. The third kappa shape index (κ3) is 2.30. The first-order chi connectivity index (χ1) is 10.5. The van der Waals surface area contributed by atoms with E-state index >= 15 is 0 Å². The molecule has 2 aromatic rings. The maximum Gasteiger partial charge on any atom is 0.327 e. The molecule has 3 rings (SSSR count). The van der Waals surface area contributed by atoms with E-state index < -0.39 is 17.9 Å². The summed E-state index contributed by atoms with van der Waals surface area (Å²) < 4.78 is 0. The number of phenols is 1. The fourth-order valence-corrected chi connectivity index (χ4v) is 2.71. The first kappa shape index (κ1) is 14.1. The Morgan fingerprint density at radius 3 is 2.50 bits per heavy atom. The molecule has 112 valence electrons. The van der Waals surface area contributed by atoms with Gasteiger partial charge in [-0.25, -0.2) is 4.79 Å². The number of aromatic hydroxyl groups is 1. The summed E-state index contributed by atoms with van der Waals surface area (Å²) in [6, 6.07) is 10.6. The molecule has 22 heavy (non-hydrogen) atoms. The SMILES string of the molecule is Cc1ccc(N2C(=O)c3cc(O)ccc3CC2C(=O)O)cc1. The average Bonchev–Trinajstić information content (AvgIpc) is 2.49. The molecule has 2 N–H and O–H groups in total. The van der Waals surface area contributed by atoms with Gasteiger partial charge in [0, 0.05) is 17.7 Å². The highest BCUT2D eigenvalue weighted by Crippen LogP contribution is 2.30. The zero-order chi connectivity index (χ0) is 15.9. The highest BCUT2D eigenvalue weighted by Gasteiger charge is 2.37. The number of hydrogen-bond donors (Lipinski definition) is 2. The van der Waals surface area contributed by atoms with Crippen molar-refractivity contribution in [2.24, 2.45) is 0 Å². The van der Waals surface area contributed by atoms with Gasteiger partial charge in [0.1, 0.15) is 11.8 Å². The van der Waals surface area contributed by atoms with Crippen LogP contribution >= 0.6 is 0 Å². The number of carboxylic acids is 1. The van der Waals surface area contributed by atoms with Crippen LogP contribution in [0.1, 0.15) is 21.5 Å². The molecule has 5 nitrogen and oxygen atoms in total. The van der Waals surface area contributed by atoms with Crippen LogP contribution in [0.5, 0.6) is 5.75 Å². The number of aliphatic carboxylic acids is 1. The number of phenolic OH excluding ortho intramolecular Hbond substituents is 1. The number of carbonyl (C=O) groups is 2. The molecule has 0 spiro atoms. The Kier molecular flexibility index (Phi) is 3.33. The number of hydrogen-bond acceptors (Lipinski definition) is 3. The largest absolute Gasteiger partial charge is 0.508 e. The number of aryl methyl sites for hydroxylation is 1. The van der Waals surface area contributed by atoms with Gasteiger partial charge in [-0.1, -0.05) is 23.8 Å². The molecule has 1 aliphatic rings. The first-order valence-corrected chi connectivity index (χ1v) is 6.92. The monoisotopic (exact) mass is 297 g/mol. The van der Waals surface area contributed by atoms with E-state index in [1.54, 1.807) is 18.2 Å². The van der Waals surface area contributed by atoms with Crippen LogP contribution in [-0.4, -0.2) is 28.1 Å². The van der Waals surface area contributed by atoms with Crippen molar-refractivity contribution in [3.8, 4) is 5.75 Å². The summed E-state index contributed by atoms with van der Waals surface area (Å²) in [5, 5.41) is 19.1. The maximum absolute atomic E-state index is 12.7. The van der Waals surface area contributed by atoms with E-state index in [-0.39, 0.29) is 12.2 Å². The Morgan fingerprint density at radius 2 is 1.86 bits per heavy atom. The van der Waals surface area contributed by atoms with Crippen LogP contribution in [0, 0.1) is 6.92 Å². The minimum atomic E-state index is -1.05. The highest BCUT2D eigenvalue weighted by molar-refractivity contribution is 6.11. The number of rotatable bonds is 2. The Bertz CT molecular complexity index is 752. The van der Waals surface area contributed by atoms with Gasteiger partial charge >= 0.3 is 5.97 Å².